The van der Waals surface area contributed by atoms with E-state index in [0.29, 0.717) is 17.1 Å². The molecule has 1 aromatic heterocycles. The van der Waals surface area contributed by atoms with Gasteiger partial charge in [-0.3, -0.25) is 9.48 Å². The van der Waals surface area contributed by atoms with Gasteiger partial charge in [-0.05, 0) is 32.0 Å². The van der Waals surface area contributed by atoms with E-state index in [2.05, 4.69) is 21.0 Å². The van der Waals surface area contributed by atoms with Crippen LogP contribution < -0.4 is 4.74 Å². The second kappa shape index (κ2) is 4.94. The number of hydrogen-bond donors (Lipinski definition) is 0. The zero-order chi connectivity index (χ0) is 13.3. The molecule has 1 aromatic carbocycles. The Morgan fingerprint density at radius 2 is 2.11 bits per heavy atom. The molecule has 18 heavy (non-hydrogen) atoms. The SMILES string of the molecule is Cc1nn(C)c(C)c1Oc1cc(Br)ccc1C=O. The average molecular weight is 309 g/mol. The molecule has 5 heteroatoms. The van der Waals surface area contributed by atoms with Gasteiger partial charge in [-0.1, -0.05) is 15.9 Å². The molecule has 0 bridgehead atoms. The maximum atomic E-state index is 11.0. The normalized spacial score (nSPS) is 10.4. The first-order chi connectivity index (χ1) is 8.52. The van der Waals surface area contributed by atoms with E-state index in [9.17, 15) is 4.79 Å². The predicted molar refractivity (Wildman–Crippen MR) is 72.3 cm³/mol. The largest absolute Gasteiger partial charge is 0.453 e. The molecule has 2 aromatic rings. The Hall–Kier alpha value is -1.62. The molecule has 4 nitrogen and oxygen atoms in total. The third-order valence-corrected chi connectivity index (χ3v) is 3.25. The Kier molecular flexibility index (Phi) is 3.52. The molecule has 0 atom stereocenters. The zero-order valence-corrected chi connectivity index (χ0v) is 12.0. The van der Waals surface area contributed by atoms with Crippen molar-refractivity contribution in [3.05, 3.63) is 39.6 Å². The molecular formula is C13H13BrN2O2. The highest BCUT2D eigenvalue weighted by atomic mass is 79.9. The van der Waals surface area contributed by atoms with Crippen molar-refractivity contribution in [3.63, 3.8) is 0 Å². The number of nitrogens with zero attached hydrogens (tertiary/aromatic N) is 2. The fraction of sp³-hybridized carbons (Fsp3) is 0.231. The first kappa shape index (κ1) is 12.8. The van der Waals surface area contributed by atoms with Crippen molar-refractivity contribution >= 4 is 22.2 Å². The summed E-state index contributed by atoms with van der Waals surface area (Å²) in [5, 5.41) is 4.28. The van der Waals surface area contributed by atoms with Gasteiger partial charge in [0.15, 0.2) is 12.0 Å². The van der Waals surface area contributed by atoms with Gasteiger partial charge in [0, 0.05) is 11.5 Å². The molecule has 0 fully saturated rings. The van der Waals surface area contributed by atoms with Gasteiger partial charge in [-0.25, -0.2) is 0 Å². The van der Waals surface area contributed by atoms with E-state index in [-0.39, 0.29) is 0 Å². The minimum Gasteiger partial charge on any atom is -0.453 e. The molecule has 0 aliphatic heterocycles. The lowest BCUT2D eigenvalue weighted by Gasteiger charge is -2.08. The minimum absolute atomic E-state index is 0.515. The first-order valence-corrected chi connectivity index (χ1v) is 6.25. The minimum atomic E-state index is 0.515. The number of benzene rings is 1. The van der Waals surface area contributed by atoms with Crippen LogP contribution in [0.5, 0.6) is 11.5 Å². The molecule has 0 spiro atoms. The molecule has 0 N–H and O–H groups in total. The maximum Gasteiger partial charge on any atom is 0.171 e. The number of aryl methyl sites for hydroxylation is 2. The van der Waals surface area contributed by atoms with Crippen LogP contribution in [0.25, 0.3) is 0 Å². The number of carbonyl (C=O) groups is 1. The van der Waals surface area contributed by atoms with Crippen molar-refractivity contribution in [2.24, 2.45) is 7.05 Å². The summed E-state index contributed by atoms with van der Waals surface area (Å²) in [6.07, 6.45) is 0.781. The van der Waals surface area contributed by atoms with Gasteiger partial charge in [0.1, 0.15) is 11.4 Å². The highest BCUT2D eigenvalue weighted by molar-refractivity contribution is 9.10. The van der Waals surface area contributed by atoms with Crippen molar-refractivity contribution in [2.75, 3.05) is 0 Å². The number of carbonyl (C=O) groups excluding carboxylic acids is 1. The van der Waals surface area contributed by atoms with Crippen LogP contribution in [0.15, 0.2) is 22.7 Å². The van der Waals surface area contributed by atoms with Crippen molar-refractivity contribution in [1.82, 2.24) is 9.78 Å². The second-order valence-corrected chi connectivity index (χ2v) is 4.94. The number of hydrogen-bond acceptors (Lipinski definition) is 3. The van der Waals surface area contributed by atoms with E-state index in [1.807, 2.05) is 20.9 Å². The maximum absolute atomic E-state index is 11.0. The van der Waals surface area contributed by atoms with Crippen molar-refractivity contribution < 1.29 is 9.53 Å². The number of aldehydes is 1. The lowest BCUT2D eigenvalue weighted by Crippen LogP contribution is -1.94. The molecule has 0 unspecified atom stereocenters. The summed E-state index contributed by atoms with van der Waals surface area (Å²) in [6, 6.07) is 5.29. The van der Waals surface area contributed by atoms with Gasteiger partial charge in [-0.15, -0.1) is 0 Å². The van der Waals surface area contributed by atoms with Crippen LogP contribution >= 0.6 is 15.9 Å². The Bertz CT molecular complexity index is 605. The summed E-state index contributed by atoms with van der Waals surface area (Å²) in [5.41, 5.74) is 2.23. The van der Waals surface area contributed by atoms with Crippen LogP contribution in [-0.4, -0.2) is 16.1 Å². The fourth-order valence-corrected chi connectivity index (χ4v) is 2.05. The van der Waals surface area contributed by atoms with Gasteiger partial charge in [0.2, 0.25) is 0 Å². The molecule has 0 aliphatic rings. The second-order valence-electron chi connectivity index (χ2n) is 4.03. The van der Waals surface area contributed by atoms with Crippen LogP contribution in [0.4, 0.5) is 0 Å². The zero-order valence-electron chi connectivity index (χ0n) is 10.4. The van der Waals surface area contributed by atoms with Gasteiger partial charge in [0.05, 0.1) is 11.3 Å². The predicted octanol–water partition coefficient (Wildman–Crippen LogP) is 3.40. The van der Waals surface area contributed by atoms with E-state index in [4.69, 9.17) is 4.74 Å². The number of ether oxygens (including phenoxy) is 1. The Balaban J connectivity index is 2.45. The van der Waals surface area contributed by atoms with Gasteiger partial charge < -0.3 is 4.74 Å². The topological polar surface area (TPSA) is 44.1 Å². The lowest BCUT2D eigenvalue weighted by atomic mass is 10.2. The van der Waals surface area contributed by atoms with Crippen LogP contribution in [0.2, 0.25) is 0 Å². The van der Waals surface area contributed by atoms with E-state index < -0.39 is 0 Å². The Labute approximate surface area is 114 Å². The molecule has 2 rings (SSSR count). The highest BCUT2D eigenvalue weighted by Crippen LogP contribution is 2.31. The van der Waals surface area contributed by atoms with Crippen molar-refractivity contribution in [3.8, 4) is 11.5 Å². The summed E-state index contributed by atoms with van der Waals surface area (Å²) < 4.78 is 8.44. The standard InChI is InChI=1S/C13H13BrN2O2/c1-8-13(9(2)16(3)15-8)18-12-6-11(14)5-4-10(12)7-17/h4-7H,1-3H3. The number of rotatable bonds is 3. The number of aromatic nitrogens is 2. The van der Waals surface area contributed by atoms with Gasteiger partial charge in [-0.2, -0.15) is 5.10 Å². The molecular weight excluding hydrogens is 296 g/mol. The van der Waals surface area contributed by atoms with Gasteiger partial charge in [0.25, 0.3) is 0 Å². The third kappa shape index (κ3) is 2.31. The first-order valence-electron chi connectivity index (χ1n) is 5.45. The van der Waals surface area contributed by atoms with Gasteiger partial charge >= 0.3 is 0 Å². The lowest BCUT2D eigenvalue weighted by molar-refractivity contribution is 0.112. The van der Waals surface area contributed by atoms with Crippen LogP contribution in [0.3, 0.4) is 0 Å². The van der Waals surface area contributed by atoms with Crippen molar-refractivity contribution in [1.29, 1.82) is 0 Å². The van der Waals surface area contributed by atoms with E-state index in [1.165, 1.54) is 0 Å². The Morgan fingerprint density at radius 1 is 1.39 bits per heavy atom. The monoisotopic (exact) mass is 308 g/mol. The molecule has 0 saturated heterocycles. The molecule has 0 radical (unpaired) electrons. The molecule has 0 aliphatic carbocycles. The summed E-state index contributed by atoms with van der Waals surface area (Å²) >= 11 is 3.36. The molecule has 0 amide bonds. The molecule has 94 valence electrons. The highest BCUT2D eigenvalue weighted by Gasteiger charge is 2.13. The summed E-state index contributed by atoms with van der Waals surface area (Å²) in [6.45, 7) is 3.80. The third-order valence-electron chi connectivity index (χ3n) is 2.76. The summed E-state index contributed by atoms with van der Waals surface area (Å²) in [7, 11) is 1.86. The summed E-state index contributed by atoms with van der Waals surface area (Å²) in [5.74, 6) is 1.22. The number of halogens is 1. The quantitative estimate of drug-likeness (QED) is 0.816. The van der Waals surface area contributed by atoms with Crippen molar-refractivity contribution in [2.45, 2.75) is 13.8 Å². The van der Waals surface area contributed by atoms with E-state index in [0.717, 1.165) is 22.1 Å². The van der Waals surface area contributed by atoms with Crippen LogP contribution in [-0.2, 0) is 7.05 Å². The fourth-order valence-electron chi connectivity index (χ4n) is 1.71. The molecule has 0 saturated carbocycles. The Morgan fingerprint density at radius 3 is 2.67 bits per heavy atom. The average Bonchev–Trinajstić information content (AvgIpc) is 2.56. The smallest absolute Gasteiger partial charge is 0.171 e. The van der Waals surface area contributed by atoms with E-state index >= 15 is 0 Å². The van der Waals surface area contributed by atoms with Crippen LogP contribution in [0, 0.1) is 13.8 Å². The summed E-state index contributed by atoms with van der Waals surface area (Å²) in [4.78, 5) is 11.0. The molecule has 1 heterocycles. The van der Waals surface area contributed by atoms with Crippen LogP contribution in [0.1, 0.15) is 21.7 Å². The van der Waals surface area contributed by atoms with E-state index in [1.54, 1.807) is 22.9 Å².